The molecule has 124 valence electrons. The smallest absolute Gasteiger partial charge is 0.0104 e. The Labute approximate surface area is 143 Å². The number of allylic oxidation sites excluding steroid dienone is 11. The summed E-state index contributed by atoms with van der Waals surface area (Å²) in [5.41, 5.74) is 9.02. The molecule has 0 amide bonds. The predicted octanol–water partition coefficient (Wildman–Crippen LogP) is 7.24. The number of hydrogen-bond acceptors (Lipinski definition) is 0. The maximum atomic E-state index is 3.91. The molecule has 0 aromatic heterocycles. The van der Waals surface area contributed by atoms with Crippen LogP contribution in [0.5, 0.6) is 0 Å². The zero-order valence-electron chi connectivity index (χ0n) is 15.6. The van der Waals surface area contributed by atoms with E-state index in [2.05, 4.69) is 65.5 Å². The lowest BCUT2D eigenvalue weighted by Gasteiger charge is -2.32. The van der Waals surface area contributed by atoms with Crippen molar-refractivity contribution in [2.24, 2.45) is 5.41 Å². The summed E-state index contributed by atoms with van der Waals surface area (Å²) in [5, 5.41) is 0. The van der Waals surface area contributed by atoms with Crippen LogP contribution in [0, 0.1) is 5.41 Å². The van der Waals surface area contributed by atoms with Gasteiger partial charge >= 0.3 is 0 Å². The van der Waals surface area contributed by atoms with Crippen molar-refractivity contribution in [2.75, 3.05) is 0 Å². The molecule has 2 rings (SSSR count). The molecule has 0 heteroatoms. The van der Waals surface area contributed by atoms with Crippen LogP contribution in [0.1, 0.15) is 66.7 Å². The zero-order chi connectivity index (χ0) is 17.0. The van der Waals surface area contributed by atoms with Gasteiger partial charge in [-0.25, -0.2) is 0 Å². The quantitative estimate of drug-likeness (QED) is 0.480. The van der Waals surface area contributed by atoms with E-state index in [1.807, 2.05) is 6.08 Å². The van der Waals surface area contributed by atoms with Crippen LogP contribution in [0.3, 0.4) is 0 Å². The molecule has 0 saturated carbocycles. The highest BCUT2D eigenvalue weighted by molar-refractivity contribution is 5.46. The van der Waals surface area contributed by atoms with Gasteiger partial charge in [-0.3, -0.25) is 0 Å². The van der Waals surface area contributed by atoms with E-state index in [1.165, 1.54) is 47.1 Å². The molecule has 0 fully saturated rings. The molecule has 0 atom stereocenters. The summed E-state index contributed by atoms with van der Waals surface area (Å²) in [6, 6.07) is 0. The fourth-order valence-electron chi connectivity index (χ4n) is 3.83. The van der Waals surface area contributed by atoms with Crippen LogP contribution >= 0.6 is 0 Å². The molecule has 0 nitrogen and oxygen atoms in total. The van der Waals surface area contributed by atoms with Gasteiger partial charge in [0.15, 0.2) is 0 Å². The van der Waals surface area contributed by atoms with Crippen LogP contribution in [-0.4, -0.2) is 0 Å². The lowest BCUT2D eigenvalue weighted by atomic mass is 9.72. The van der Waals surface area contributed by atoms with Crippen molar-refractivity contribution in [2.45, 2.75) is 66.7 Å². The molecule has 0 spiro atoms. The second-order valence-corrected chi connectivity index (χ2v) is 7.72. The van der Waals surface area contributed by atoms with Gasteiger partial charge in [0, 0.05) is 0 Å². The Morgan fingerprint density at radius 1 is 1.13 bits per heavy atom. The van der Waals surface area contributed by atoms with Crippen molar-refractivity contribution in [3.05, 3.63) is 70.4 Å². The fraction of sp³-hybridized carbons (Fsp3) is 0.478. The third kappa shape index (κ3) is 4.25. The Morgan fingerprint density at radius 3 is 2.48 bits per heavy atom. The van der Waals surface area contributed by atoms with Crippen molar-refractivity contribution in [1.82, 2.24) is 0 Å². The van der Waals surface area contributed by atoms with E-state index in [9.17, 15) is 0 Å². The summed E-state index contributed by atoms with van der Waals surface area (Å²) >= 11 is 0. The first-order valence-electron chi connectivity index (χ1n) is 8.93. The summed E-state index contributed by atoms with van der Waals surface area (Å²) in [4.78, 5) is 0. The Morgan fingerprint density at radius 2 is 1.87 bits per heavy atom. The molecule has 0 aromatic carbocycles. The molecule has 0 radical (unpaired) electrons. The fourth-order valence-corrected chi connectivity index (χ4v) is 3.83. The maximum absolute atomic E-state index is 3.91. The average Bonchev–Trinajstić information content (AvgIpc) is 2.84. The van der Waals surface area contributed by atoms with Crippen molar-refractivity contribution >= 4 is 0 Å². The molecule has 2 aliphatic carbocycles. The van der Waals surface area contributed by atoms with Gasteiger partial charge in [-0.2, -0.15) is 0 Å². The number of hydrogen-bond donors (Lipinski definition) is 0. The molecule has 0 aliphatic heterocycles. The molecule has 0 heterocycles. The molecule has 0 aromatic rings. The summed E-state index contributed by atoms with van der Waals surface area (Å²) < 4.78 is 0. The second-order valence-electron chi connectivity index (χ2n) is 7.72. The first-order valence-corrected chi connectivity index (χ1v) is 8.93. The van der Waals surface area contributed by atoms with Gasteiger partial charge in [0.1, 0.15) is 0 Å². The first-order chi connectivity index (χ1) is 10.8. The van der Waals surface area contributed by atoms with Gasteiger partial charge in [0.25, 0.3) is 0 Å². The highest BCUT2D eigenvalue weighted by Crippen LogP contribution is 2.40. The maximum Gasteiger partial charge on any atom is -0.0104 e. The van der Waals surface area contributed by atoms with Crippen LogP contribution < -0.4 is 0 Å². The van der Waals surface area contributed by atoms with Gasteiger partial charge in [0.05, 0.1) is 0 Å². The summed E-state index contributed by atoms with van der Waals surface area (Å²) in [6.07, 6.45) is 17.4. The minimum Gasteiger partial charge on any atom is -0.0988 e. The van der Waals surface area contributed by atoms with E-state index in [0.717, 1.165) is 12.8 Å². The van der Waals surface area contributed by atoms with Gasteiger partial charge in [-0.05, 0) is 80.6 Å². The van der Waals surface area contributed by atoms with Crippen LogP contribution in [-0.2, 0) is 0 Å². The summed E-state index contributed by atoms with van der Waals surface area (Å²) in [6.45, 7) is 15.4. The molecule has 23 heavy (non-hydrogen) atoms. The highest BCUT2D eigenvalue weighted by atomic mass is 14.3. The van der Waals surface area contributed by atoms with Crippen molar-refractivity contribution in [3.8, 4) is 0 Å². The summed E-state index contributed by atoms with van der Waals surface area (Å²) in [5.74, 6) is 0. The van der Waals surface area contributed by atoms with Crippen LogP contribution in [0.4, 0.5) is 0 Å². The molecule has 0 N–H and O–H groups in total. The van der Waals surface area contributed by atoms with Gasteiger partial charge < -0.3 is 0 Å². The van der Waals surface area contributed by atoms with E-state index in [1.54, 1.807) is 5.57 Å². The minimum atomic E-state index is 0.321. The molecule has 0 unspecified atom stereocenters. The molecule has 0 bridgehead atoms. The lowest BCUT2D eigenvalue weighted by Crippen LogP contribution is -2.19. The zero-order valence-corrected chi connectivity index (χ0v) is 15.6. The van der Waals surface area contributed by atoms with Gasteiger partial charge in [-0.15, -0.1) is 0 Å². The molecular weight excluding hydrogens is 276 g/mol. The summed E-state index contributed by atoms with van der Waals surface area (Å²) in [7, 11) is 0. The Balaban J connectivity index is 2.14. The molecule has 2 aliphatic rings. The predicted molar refractivity (Wildman–Crippen MR) is 103 cm³/mol. The minimum absolute atomic E-state index is 0.321. The average molecular weight is 309 g/mol. The van der Waals surface area contributed by atoms with E-state index < -0.39 is 0 Å². The van der Waals surface area contributed by atoms with Crippen LogP contribution in [0.25, 0.3) is 0 Å². The third-order valence-electron chi connectivity index (χ3n) is 5.48. The van der Waals surface area contributed by atoms with Crippen LogP contribution in [0.2, 0.25) is 0 Å². The normalized spacial score (nSPS) is 24.2. The van der Waals surface area contributed by atoms with E-state index >= 15 is 0 Å². The van der Waals surface area contributed by atoms with Crippen molar-refractivity contribution in [1.29, 1.82) is 0 Å². The van der Waals surface area contributed by atoms with E-state index in [4.69, 9.17) is 0 Å². The molecular formula is C23H32. The Hall–Kier alpha value is -1.56. The third-order valence-corrected chi connectivity index (χ3v) is 5.48. The van der Waals surface area contributed by atoms with E-state index in [0.29, 0.717) is 5.41 Å². The van der Waals surface area contributed by atoms with Crippen LogP contribution in [0.15, 0.2) is 70.4 Å². The topological polar surface area (TPSA) is 0 Å². The SMILES string of the molecule is C=CC1=C(C)/C(=C/C=C(C)\C=C\C2=C(C)CCCC2(C)C)CC1. The monoisotopic (exact) mass is 308 g/mol. The largest absolute Gasteiger partial charge is 0.0988 e. The lowest BCUT2D eigenvalue weighted by molar-refractivity contribution is 0.377. The highest BCUT2D eigenvalue weighted by Gasteiger charge is 2.26. The van der Waals surface area contributed by atoms with Crippen molar-refractivity contribution in [3.63, 3.8) is 0 Å². The Kier molecular flexibility index (Phi) is 5.68. The standard InChI is InChI=1S/C23H32/c1-7-20-13-14-21(19(20)4)12-10-17(2)11-15-22-18(3)9-8-16-23(22,5)6/h7,10-12,15H,1,8-9,13-14,16H2,2-6H3/b15-11+,17-10-,21-12+. The van der Waals surface area contributed by atoms with Crippen molar-refractivity contribution < 1.29 is 0 Å². The first kappa shape index (κ1) is 17.8. The van der Waals surface area contributed by atoms with Gasteiger partial charge in [-0.1, -0.05) is 62.0 Å². The number of rotatable bonds is 4. The Bertz CT molecular complexity index is 627. The molecule has 0 saturated heterocycles. The van der Waals surface area contributed by atoms with E-state index in [-0.39, 0.29) is 0 Å². The second kappa shape index (κ2) is 7.34. The van der Waals surface area contributed by atoms with Gasteiger partial charge in [0.2, 0.25) is 0 Å².